The minimum Gasteiger partial charge on any atom is -0.484 e. The molecule has 0 aliphatic carbocycles. The molecule has 4 aromatic rings. The van der Waals surface area contributed by atoms with Crippen molar-refractivity contribution in [3.8, 4) is 5.75 Å². The molecule has 9 nitrogen and oxygen atoms in total. The monoisotopic (exact) mass is 618 g/mol. The molecule has 1 atom stereocenters. The normalized spacial score (nSPS) is 12.0. The fourth-order valence-corrected chi connectivity index (χ4v) is 5.79. The number of sulfonamides is 1. The Bertz CT molecular complexity index is 1680. The first-order valence-corrected chi connectivity index (χ1v) is 15.2. The van der Waals surface area contributed by atoms with Gasteiger partial charge in [0, 0.05) is 5.02 Å². The van der Waals surface area contributed by atoms with Crippen molar-refractivity contribution >= 4 is 45.3 Å². The summed E-state index contributed by atoms with van der Waals surface area (Å²) in [5, 5.41) is 7.20. The Morgan fingerprint density at radius 2 is 1.58 bits per heavy atom. The Balaban J connectivity index is 1.34. The lowest BCUT2D eigenvalue weighted by atomic mass is 10.1. The van der Waals surface area contributed by atoms with Gasteiger partial charge in [0.1, 0.15) is 12.3 Å². The second-order valence-electron chi connectivity index (χ2n) is 9.61. The Hall–Kier alpha value is -4.67. The zero-order valence-electron chi connectivity index (χ0n) is 23.6. The van der Waals surface area contributed by atoms with Gasteiger partial charge in [-0.2, -0.15) is 5.10 Å². The molecule has 43 heavy (non-hydrogen) atoms. The molecular weight excluding hydrogens is 588 g/mol. The third kappa shape index (κ3) is 8.67. The van der Waals surface area contributed by atoms with Gasteiger partial charge in [-0.1, -0.05) is 66.2 Å². The van der Waals surface area contributed by atoms with Gasteiger partial charge in [0.25, 0.3) is 21.8 Å². The number of ether oxygens (including phenoxy) is 1. The molecule has 0 unspecified atom stereocenters. The Kier molecular flexibility index (Phi) is 10.5. The number of hydrogen-bond donors (Lipinski definition) is 2. The smallest absolute Gasteiger partial charge is 0.264 e. The van der Waals surface area contributed by atoms with Crippen LogP contribution in [0.2, 0.25) is 5.02 Å². The minimum atomic E-state index is -4.08. The number of rotatable bonds is 12. The molecule has 4 aromatic carbocycles. The quantitative estimate of drug-likeness (QED) is 0.166. The molecule has 0 fully saturated rings. The number of carbonyl (C=O) groups is 2. The van der Waals surface area contributed by atoms with E-state index < -0.39 is 22.5 Å². The fraction of sp³-hybridized carbons (Fsp3) is 0.156. The number of aryl methyl sites for hydroxylation is 1. The first kappa shape index (κ1) is 31.3. The highest BCUT2D eigenvalue weighted by atomic mass is 35.5. The molecule has 222 valence electrons. The lowest BCUT2D eigenvalue weighted by Gasteiger charge is -2.25. The highest BCUT2D eigenvalue weighted by Crippen LogP contribution is 2.29. The van der Waals surface area contributed by atoms with Crippen LogP contribution in [-0.4, -0.2) is 39.6 Å². The van der Waals surface area contributed by atoms with Crippen molar-refractivity contribution in [3.63, 3.8) is 0 Å². The summed E-state index contributed by atoms with van der Waals surface area (Å²) in [4.78, 5) is 25.1. The predicted molar refractivity (Wildman–Crippen MR) is 168 cm³/mol. The lowest BCUT2D eigenvalue weighted by molar-refractivity contribution is -0.123. The molecule has 0 aliphatic rings. The summed E-state index contributed by atoms with van der Waals surface area (Å²) in [7, 11) is -4.08. The Morgan fingerprint density at radius 3 is 2.26 bits per heavy atom. The van der Waals surface area contributed by atoms with Crippen LogP contribution in [0.5, 0.6) is 5.75 Å². The Morgan fingerprint density at radius 1 is 0.930 bits per heavy atom. The maximum Gasteiger partial charge on any atom is 0.264 e. The maximum atomic E-state index is 13.5. The number of hydrogen-bond acceptors (Lipinski definition) is 6. The average molecular weight is 619 g/mol. The summed E-state index contributed by atoms with van der Waals surface area (Å²) >= 11 is 6.16. The first-order chi connectivity index (χ1) is 20.6. The number of amides is 2. The van der Waals surface area contributed by atoms with Gasteiger partial charge in [0.15, 0.2) is 6.61 Å². The predicted octanol–water partition coefficient (Wildman–Crippen LogP) is 5.25. The zero-order valence-corrected chi connectivity index (χ0v) is 25.2. The van der Waals surface area contributed by atoms with Gasteiger partial charge in [-0.3, -0.25) is 13.9 Å². The summed E-state index contributed by atoms with van der Waals surface area (Å²) in [5.74, 6) is -0.408. The van der Waals surface area contributed by atoms with Crippen molar-refractivity contribution < 1.29 is 22.7 Å². The van der Waals surface area contributed by atoms with E-state index in [4.69, 9.17) is 16.3 Å². The third-order valence-electron chi connectivity index (χ3n) is 6.39. The number of anilines is 1. The summed E-state index contributed by atoms with van der Waals surface area (Å²) in [6, 6.07) is 28.9. The fourth-order valence-electron chi connectivity index (χ4n) is 4.12. The molecule has 0 aromatic heterocycles. The third-order valence-corrected chi connectivity index (χ3v) is 8.40. The largest absolute Gasteiger partial charge is 0.484 e. The van der Waals surface area contributed by atoms with Gasteiger partial charge in [-0.25, -0.2) is 13.8 Å². The van der Waals surface area contributed by atoms with E-state index in [0.717, 1.165) is 9.87 Å². The number of hydrazone groups is 1. The van der Waals surface area contributed by atoms with Gasteiger partial charge < -0.3 is 10.1 Å². The topological polar surface area (TPSA) is 117 Å². The first-order valence-electron chi connectivity index (χ1n) is 13.4. The number of nitrogens with one attached hydrogen (secondary N) is 2. The molecule has 0 radical (unpaired) electrons. The molecule has 0 bridgehead atoms. The van der Waals surface area contributed by atoms with Crippen molar-refractivity contribution in [2.45, 2.75) is 24.8 Å². The van der Waals surface area contributed by atoms with E-state index in [2.05, 4.69) is 15.8 Å². The van der Waals surface area contributed by atoms with Crippen LogP contribution >= 0.6 is 11.6 Å². The van der Waals surface area contributed by atoms with Gasteiger partial charge in [-0.15, -0.1) is 0 Å². The summed E-state index contributed by atoms with van der Waals surface area (Å²) in [5.41, 5.74) is 4.94. The van der Waals surface area contributed by atoms with Crippen LogP contribution in [-0.2, 0) is 19.6 Å². The number of nitrogens with zero attached hydrogens (tertiary/aromatic N) is 2. The second kappa shape index (κ2) is 14.5. The Labute approximate surface area is 256 Å². The van der Waals surface area contributed by atoms with E-state index in [0.29, 0.717) is 21.9 Å². The van der Waals surface area contributed by atoms with E-state index in [1.807, 2.05) is 37.3 Å². The van der Waals surface area contributed by atoms with Crippen molar-refractivity contribution in [1.82, 2.24) is 10.7 Å². The molecule has 0 saturated carbocycles. The van der Waals surface area contributed by atoms with Crippen LogP contribution in [0.3, 0.4) is 0 Å². The van der Waals surface area contributed by atoms with Gasteiger partial charge >= 0.3 is 0 Å². The van der Waals surface area contributed by atoms with Crippen LogP contribution in [0.4, 0.5) is 5.69 Å². The maximum absolute atomic E-state index is 13.5. The SMILES string of the molecule is Cc1ccc(Cl)cc1N(CC(=O)N/N=C\c1ccc(OCC(=O)N[C@H](C)c2ccccc2)cc1)S(=O)(=O)c1ccccc1. The molecule has 4 rings (SSSR count). The number of carbonyl (C=O) groups excluding carboxylic acids is 2. The van der Waals surface area contributed by atoms with Crippen LogP contribution in [0.1, 0.15) is 29.7 Å². The van der Waals surface area contributed by atoms with Gasteiger partial charge in [0.2, 0.25) is 0 Å². The van der Waals surface area contributed by atoms with E-state index in [1.54, 1.807) is 61.5 Å². The van der Waals surface area contributed by atoms with Gasteiger partial charge in [-0.05, 0) is 79.1 Å². The van der Waals surface area contributed by atoms with Crippen LogP contribution in [0, 0.1) is 6.92 Å². The highest BCUT2D eigenvalue weighted by molar-refractivity contribution is 7.92. The lowest BCUT2D eigenvalue weighted by Crippen LogP contribution is -2.40. The molecule has 2 N–H and O–H groups in total. The summed E-state index contributed by atoms with van der Waals surface area (Å²) in [6.07, 6.45) is 1.41. The molecule has 0 spiro atoms. The average Bonchev–Trinajstić information content (AvgIpc) is 3.01. The van der Waals surface area contributed by atoms with E-state index in [-0.39, 0.29) is 29.1 Å². The number of benzene rings is 4. The van der Waals surface area contributed by atoms with Crippen molar-refractivity contribution in [2.75, 3.05) is 17.5 Å². The van der Waals surface area contributed by atoms with Crippen molar-refractivity contribution in [3.05, 3.63) is 125 Å². The van der Waals surface area contributed by atoms with E-state index >= 15 is 0 Å². The highest BCUT2D eigenvalue weighted by Gasteiger charge is 2.28. The zero-order chi connectivity index (χ0) is 30.8. The molecule has 0 aliphatic heterocycles. The molecular formula is C32H31ClN4O5S. The molecule has 11 heteroatoms. The molecule has 0 saturated heterocycles. The van der Waals surface area contributed by atoms with Gasteiger partial charge in [0.05, 0.1) is 22.8 Å². The van der Waals surface area contributed by atoms with Crippen LogP contribution < -0.4 is 19.8 Å². The van der Waals surface area contributed by atoms with Crippen molar-refractivity contribution in [2.24, 2.45) is 5.10 Å². The molecule has 0 heterocycles. The van der Waals surface area contributed by atoms with Crippen LogP contribution in [0.25, 0.3) is 0 Å². The minimum absolute atomic E-state index is 0.0381. The number of halogens is 1. The second-order valence-corrected chi connectivity index (χ2v) is 11.9. The van der Waals surface area contributed by atoms with Crippen LogP contribution in [0.15, 0.2) is 113 Å². The van der Waals surface area contributed by atoms with E-state index in [1.165, 1.54) is 24.4 Å². The van der Waals surface area contributed by atoms with E-state index in [9.17, 15) is 18.0 Å². The summed E-state index contributed by atoms with van der Waals surface area (Å²) < 4.78 is 33.6. The standard InChI is InChI=1S/C32H31ClN4O5S/c1-23-13-16-27(33)19-30(23)37(43(40,41)29-11-7-4-8-12-29)21-31(38)36-34-20-25-14-17-28(18-15-25)42-22-32(39)35-24(2)26-9-5-3-6-10-26/h3-20,24H,21-22H2,1-2H3,(H,35,39)(H,36,38)/b34-20-/t24-/m1/s1. The summed E-state index contributed by atoms with van der Waals surface area (Å²) in [6.45, 7) is 2.97. The van der Waals surface area contributed by atoms with Crippen molar-refractivity contribution in [1.29, 1.82) is 0 Å². The molecule has 2 amide bonds.